The standard InChI is InChI=1S/C11H13BrF2N2O/c1-2-7-8(12)10(17)16-9(15-7)6-3-4-11(13,14)5-6/h6H,2-5H2,1H3,(H,15,16,17). The van der Waals surface area contributed by atoms with Crippen molar-refractivity contribution in [2.24, 2.45) is 0 Å². The van der Waals surface area contributed by atoms with Gasteiger partial charge < -0.3 is 4.98 Å². The molecule has 1 fully saturated rings. The summed E-state index contributed by atoms with van der Waals surface area (Å²) in [6.45, 7) is 1.87. The van der Waals surface area contributed by atoms with Crippen molar-refractivity contribution in [1.29, 1.82) is 0 Å². The van der Waals surface area contributed by atoms with Gasteiger partial charge in [0, 0.05) is 18.8 Å². The van der Waals surface area contributed by atoms with Crippen LogP contribution >= 0.6 is 15.9 Å². The third-order valence-electron chi connectivity index (χ3n) is 3.07. The summed E-state index contributed by atoms with van der Waals surface area (Å²) in [5.41, 5.74) is 0.334. The Morgan fingerprint density at radius 2 is 2.29 bits per heavy atom. The van der Waals surface area contributed by atoms with Crippen molar-refractivity contribution in [2.75, 3.05) is 0 Å². The Morgan fingerprint density at radius 1 is 1.59 bits per heavy atom. The maximum atomic E-state index is 13.1. The van der Waals surface area contributed by atoms with Crippen molar-refractivity contribution in [1.82, 2.24) is 9.97 Å². The number of rotatable bonds is 2. The molecule has 1 saturated carbocycles. The summed E-state index contributed by atoms with van der Waals surface area (Å²) in [6, 6.07) is 0. The van der Waals surface area contributed by atoms with Gasteiger partial charge in [0.2, 0.25) is 5.92 Å². The molecule has 94 valence electrons. The zero-order valence-electron chi connectivity index (χ0n) is 9.40. The predicted molar refractivity (Wildman–Crippen MR) is 63.5 cm³/mol. The molecule has 1 unspecified atom stereocenters. The monoisotopic (exact) mass is 306 g/mol. The lowest BCUT2D eigenvalue weighted by Gasteiger charge is -2.11. The number of hydrogen-bond acceptors (Lipinski definition) is 2. The van der Waals surface area contributed by atoms with Crippen LogP contribution in [0.2, 0.25) is 0 Å². The van der Waals surface area contributed by atoms with Gasteiger partial charge in [-0.05, 0) is 28.8 Å². The molecular weight excluding hydrogens is 294 g/mol. The highest BCUT2D eigenvalue weighted by Gasteiger charge is 2.41. The molecule has 17 heavy (non-hydrogen) atoms. The number of nitrogens with one attached hydrogen (secondary N) is 1. The molecule has 1 aliphatic rings. The number of aromatic amines is 1. The molecule has 1 aromatic heterocycles. The molecule has 1 aromatic rings. The molecule has 0 amide bonds. The fraction of sp³-hybridized carbons (Fsp3) is 0.636. The average Bonchev–Trinajstić information content (AvgIpc) is 2.62. The van der Waals surface area contributed by atoms with Gasteiger partial charge in [0.25, 0.3) is 5.56 Å². The minimum absolute atomic E-state index is 0.126. The largest absolute Gasteiger partial charge is 0.309 e. The maximum absolute atomic E-state index is 13.1. The second-order valence-electron chi connectivity index (χ2n) is 4.36. The number of hydrogen-bond donors (Lipinski definition) is 1. The lowest BCUT2D eigenvalue weighted by molar-refractivity contribution is 0.00752. The lowest BCUT2D eigenvalue weighted by atomic mass is 10.1. The molecule has 0 bridgehead atoms. The first-order valence-electron chi connectivity index (χ1n) is 5.59. The molecule has 0 saturated heterocycles. The van der Waals surface area contributed by atoms with Crippen LogP contribution in [-0.4, -0.2) is 15.9 Å². The van der Waals surface area contributed by atoms with Crippen LogP contribution in [0.1, 0.15) is 43.6 Å². The Morgan fingerprint density at radius 3 is 2.82 bits per heavy atom. The Hall–Kier alpha value is -0.780. The molecule has 3 nitrogen and oxygen atoms in total. The number of aromatic nitrogens is 2. The minimum Gasteiger partial charge on any atom is -0.309 e. The molecule has 2 rings (SSSR count). The Kier molecular flexibility index (Phi) is 3.34. The molecule has 0 spiro atoms. The molecule has 1 N–H and O–H groups in total. The summed E-state index contributed by atoms with van der Waals surface area (Å²) in [7, 11) is 0. The fourth-order valence-corrected chi connectivity index (χ4v) is 2.60. The highest BCUT2D eigenvalue weighted by Crippen LogP contribution is 2.43. The summed E-state index contributed by atoms with van der Waals surface area (Å²) in [5, 5.41) is 0. The van der Waals surface area contributed by atoms with E-state index in [1.54, 1.807) is 0 Å². The summed E-state index contributed by atoms with van der Waals surface area (Å²) < 4.78 is 26.6. The third-order valence-corrected chi connectivity index (χ3v) is 3.89. The van der Waals surface area contributed by atoms with Crippen LogP contribution in [0.15, 0.2) is 9.27 Å². The van der Waals surface area contributed by atoms with Gasteiger partial charge >= 0.3 is 0 Å². The molecule has 0 radical (unpaired) electrons. The Labute approximate surface area is 106 Å². The van der Waals surface area contributed by atoms with E-state index in [-0.39, 0.29) is 24.3 Å². The van der Waals surface area contributed by atoms with Gasteiger partial charge in [0.1, 0.15) is 10.3 Å². The van der Waals surface area contributed by atoms with E-state index in [1.165, 1.54) is 0 Å². The van der Waals surface area contributed by atoms with Gasteiger partial charge in [-0.2, -0.15) is 0 Å². The normalized spacial score (nSPS) is 22.9. The number of halogens is 3. The third kappa shape index (κ3) is 2.56. The van der Waals surface area contributed by atoms with Crippen molar-refractivity contribution in [3.63, 3.8) is 0 Å². The number of alkyl halides is 2. The van der Waals surface area contributed by atoms with Crippen molar-refractivity contribution in [3.8, 4) is 0 Å². The smallest absolute Gasteiger partial charge is 0.265 e. The quantitative estimate of drug-likeness (QED) is 0.913. The highest BCUT2D eigenvalue weighted by atomic mass is 79.9. The highest BCUT2D eigenvalue weighted by molar-refractivity contribution is 9.10. The van der Waals surface area contributed by atoms with Crippen LogP contribution in [-0.2, 0) is 6.42 Å². The van der Waals surface area contributed by atoms with Crippen molar-refractivity contribution in [2.45, 2.75) is 44.4 Å². The van der Waals surface area contributed by atoms with Crippen LogP contribution in [0.25, 0.3) is 0 Å². The molecule has 1 heterocycles. The number of H-pyrrole nitrogens is 1. The first kappa shape index (κ1) is 12.7. The fourth-order valence-electron chi connectivity index (χ4n) is 2.14. The van der Waals surface area contributed by atoms with E-state index in [9.17, 15) is 13.6 Å². The molecule has 0 aromatic carbocycles. The minimum atomic E-state index is -2.62. The molecule has 0 aliphatic heterocycles. The molecular formula is C11H13BrF2N2O. The van der Waals surface area contributed by atoms with E-state index in [0.717, 1.165) is 0 Å². The zero-order valence-corrected chi connectivity index (χ0v) is 11.0. The van der Waals surface area contributed by atoms with Crippen molar-refractivity contribution in [3.05, 3.63) is 26.3 Å². The first-order chi connectivity index (χ1) is 7.93. The van der Waals surface area contributed by atoms with Gasteiger partial charge in [0.15, 0.2) is 0 Å². The van der Waals surface area contributed by atoms with E-state index < -0.39 is 5.92 Å². The van der Waals surface area contributed by atoms with Gasteiger partial charge in [-0.25, -0.2) is 13.8 Å². The van der Waals surface area contributed by atoms with E-state index in [2.05, 4.69) is 25.9 Å². The van der Waals surface area contributed by atoms with Crippen LogP contribution in [0.3, 0.4) is 0 Å². The van der Waals surface area contributed by atoms with Crippen LogP contribution in [0.5, 0.6) is 0 Å². The van der Waals surface area contributed by atoms with Crippen molar-refractivity contribution >= 4 is 15.9 Å². The van der Waals surface area contributed by atoms with Crippen LogP contribution in [0.4, 0.5) is 8.78 Å². The van der Waals surface area contributed by atoms with Crippen molar-refractivity contribution < 1.29 is 8.78 Å². The van der Waals surface area contributed by atoms with Gasteiger partial charge in [-0.3, -0.25) is 4.79 Å². The number of nitrogens with zero attached hydrogens (tertiary/aromatic N) is 1. The summed E-state index contributed by atoms with van der Waals surface area (Å²) in [5.74, 6) is -2.56. The van der Waals surface area contributed by atoms with Crippen LogP contribution in [0, 0.1) is 0 Å². The Bertz CT molecular complexity index is 487. The second kappa shape index (κ2) is 4.48. The van der Waals surface area contributed by atoms with Gasteiger partial charge in [-0.15, -0.1) is 0 Å². The maximum Gasteiger partial charge on any atom is 0.265 e. The molecule has 1 atom stereocenters. The van der Waals surface area contributed by atoms with E-state index in [0.29, 0.717) is 28.8 Å². The predicted octanol–water partition coefficient (Wildman–Crippen LogP) is 3.00. The SMILES string of the molecule is CCc1nc(C2CCC(F)(F)C2)[nH]c(=O)c1Br. The first-order valence-corrected chi connectivity index (χ1v) is 6.38. The molecule has 1 aliphatic carbocycles. The summed E-state index contributed by atoms with van der Waals surface area (Å²) in [4.78, 5) is 18.5. The Balaban J connectivity index is 2.35. The summed E-state index contributed by atoms with van der Waals surface area (Å²) in [6.07, 6.45) is 0.626. The topological polar surface area (TPSA) is 45.8 Å². The second-order valence-corrected chi connectivity index (χ2v) is 5.15. The van der Waals surface area contributed by atoms with E-state index in [4.69, 9.17) is 0 Å². The van der Waals surface area contributed by atoms with Crippen LogP contribution < -0.4 is 5.56 Å². The number of aryl methyl sites for hydroxylation is 1. The average molecular weight is 307 g/mol. The molecule has 6 heteroatoms. The van der Waals surface area contributed by atoms with E-state index in [1.807, 2.05) is 6.92 Å². The van der Waals surface area contributed by atoms with Gasteiger partial charge in [0.05, 0.1) is 5.69 Å². The zero-order chi connectivity index (χ0) is 12.6. The van der Waals surface area contributed by atoms with Gasteiger partial charge in [-0.1, -0.05) is 6.92 Å². The summed E-state index contributed by atoms with van der Waals surface area (Å²) >= 11 is 3.15. The lowest BCUT2D eigenvalue weighted by Crippen LogP contribution is -2.18. The van der Waals surface area contributed by atoms with E-state index >= 15 is 0 Å².